The van der Waals surface area contributed by atoms with Gasteiger partial charge in [-0.05, 0) is 54.7 Å². The van der Waals surface area contributed by atoms with Crippen LogP contribution in [0.25, 0.3) is 11.0 Å². The number of aliphatic carboxylic acids is 1. The summed E-state index contributed by atoms with van der Waals surface area (Å²) in [4.78, 5) is 26.2. The molecule has 0 bridgehead atoms. The van der Waals surface area contributed by atoms with Crippen molar-refractivity contribution >= 4 is 22.9 Å². The Bertz CT molecular complexity index is 1010. The SMILES string of the molecule is CNC(=O)Cc1ccc(F)cc1.O=C(O)Cc1c2n(c3ncccc13)CCCC2. The lowest BCUT2D eigenvalue weighted by atomic mass is 10.0. The number of pyridine rings is 1. The molecule has 152 valence electrons. The second-order valence-electron chi connectivity index (χ2n) is 6.96. The molecule has 3 aromatic rings. The number of nitrogens with one attached hydrogen (secondary N) is 1. The Morgan fingerprint density at radius 3 is 2.62 bits per heavy atom. The van der Waals surface area contributed by atoms with Crippen LogP contribution in [-0.2, 0) is 35.4 Å². The lowest BCUT2D eigenvalue weighted by molar-refractivity contribution is -0.136. The average molecular weight is 397 g/mol. The maximum atomic E-state index is 12.4. The zero-order valence-corrected chi connectivity index (χ0v) is 16.3. The quantitative estimate of drug-likeness (QED) is 0.709. The van der Waals surface area contributed by atoms with Gasteiger partial charge in [-0.1, -0.05) is 12.1 Å². The van der Waals surface area contributed by atoms with Crippen molar-refractivity contribution < 1.29 is 19.1 Å². The van der Waals surface area contributed by atoms with Crippen LogP contribution in [0.2, 0.25) is 0 Å². The fraction of sp³-hybridized carbons (Fsp3) is 0.318. The van der Waals surface area contributed by atoms with Gasteiger partial charge in [-0.15, -0.1) is 0 Å². The van der Waals surface area contributed by atoms with E-state index in [9.17, 15) is 14.0 Å². The van der Waals surface area contributed by atoms with Gasteiger partial charge in [0.2, 0.25) is 5.91 Å². The van der Waals surface area contributed by atoms with Crippen LogP contribution in [0.3, 0.4) is 0 Å². The largest absolute Gasteiger partial charge is 0.481 e. The van der Waals surface area contributed by atoms with Crippen molar-refractivity contribution in [2.45, 2.75) is 38.6 Å². The first-order valence-corrected chi connectivity index (χ1v) is 9.61. The second kappa shape index (κ2) is 9.32. The Hall–Kier alpha value is -3.22. The minimum Gasteiger partial charge on any atom is -0.481 e. The number of carbonyl (C=O) groups excluding carboxylic acids is 1. The molecule has 2 N–H and O–H groups in total. The van der Waals surface area contributed by atoms with Gasteiger partial charge in [0.15, 0.2) is 0 Å². The van der Waals surface area contributed by atoms with E-state index in [1.54, 1.807) is 25.4 Å². The minimum atomic E-state index is -0.769. The van der Waals surface area contributed by atoms with E-state index in [2.05, 4.69) is 14.9 Å². The highest BCUT2D eigenvalue weighted by Crippen LogP contribution is 2.29. The zero-order chi connectivity index (χ0) is 20.8. The molecule has 1 aromatic carbocycles. The van der Waals surface area contributed by atoms with E-state index in [0.717, 1.165) is 48.0 Å². The summed E-state index contributed by atoms with van der Waals surface area (Å²) in [6, 6.07) is 9.75. The zero-order valence-electron chi connectivity index (χ0n) is 16.3. The molecule has 0 saturated heterocycles. The molecule has 0 unspecified atom stereocenters. The second-order valence-corrected chi connectivity index (χ2v) is 6.96. The Labute approximate surface area is 168 Å². The molecule has 0 spiro atoms. The normalized spacial score (nSPS) is 12.6. The van der Waals surface area contributed by atoms with E-state index in [1.165, 1.54) is 17.8 Å². The third-order valence-corrected chi connectivity index (χ3v) is 4.97. The number of aryl methyl sites for hydroxylation is 1. The standard InChI is InChI=1S/C13H14N2O2.C9H10FNO/c16-12(17)8-10-9-4-3-6-14-13(9)15-7-2-1-5-11(10)15;1-11-9(12)6-7-2-4-8(10)5-3-7/h3-4,6H,1-2,5,7-8H2,(H,16,17);2-5H,6H2,1H3,(H,11,12). The molecule has 0 saturated carbocycles. The number of likely N-dealkylation sites (N-methyl/N-ethyl adjacent to an activating group) is 1. The number of carboxylic acid groups (broad SMARTS) is 1. The Morgan fingerprint density at radius 1 is 1.17 bits per heavy atom. The molecule has 29 heavy (non-hydrogen) atoms. The van der Waals surface area contributed by atoms with Gasteiger partial charge >= 0.3 is 5.97 Å². The number of carboxylic acids is 1. The van der Waals surface area contributed by atoms with E-state index in [-0.39, 0.29) is 18.1 Å². The fourth-order valence-corrected chi connectivity index (χ4v) is 3.61. The van der Waals surface area contributed by atoms with Crippen LogP contribution >= 0.6 is 0 Å². The molecular formula is C22H24FN3O3. The van der Waals surface area contributed by atoms with Gasteiger partial charge in [0.1, 0.15) is 11.5 Å². The maximum absolute atomic E-state index is 12.4. The van der Waals surface area contributed by atoms with Crippen LogP contribution in [0.5, 0.6) is 0 Å². The molecule has 3 heterocycles. The number of rotatable bonds is 4. The molecule has 4 rings (SSSR count). The van der Waals surface area contributed by atoms with Crippen molar-refractivity contribution in [3.8, 4) is 0 Å². The fourth-order valence-electron chi connectivity index (χ4n) is 3.61. The smallest absolute Gasteiger partial charge is 0.307 e. The highest BCUT2D eigenvalue weighted by molar-refractivity contribution is 5.86. The average Bonchev–Trinajstić information content (AvgIpc) is 3.04. The maximum Gasteiger partial charge on any atom is 0.307 e. The topological polar surface area (TPSA) is 84.2 Å². The summed E-state index contributed by atoms with van der Waals surface area (Å²) in [5, 5.41) is 12.5. The molecule has 1 aliphatic rings. The molecule has 0 fully saturated rings. The summed E-state index contributed by atoms with van der Waals surface area (Å²) in [5.74, 6) is -1.12. The first kappa shape index (κ1) is 20.5. The number of halogens is 1. The number of hydrogen-bond acceptors (Lipinski definition) is 3. The Morgan fingerprint density at radius 2 is 1.93 bits per heavy atom. The monoisotopic (exact) mass is 397 g/mol. The Kier molecular flexibility index (Phi) is 6.59. The summed E-state index contributed by atoms with van der Waals surface area (Å²) in [7, 11) is 1.58. The van der Waals surface area contributed by atoms with Gasteiger partial charge in [-0.3, -0.25) is 9.59 Å². The van der Waals surface area contributed by atoms with Crippen LogP contribution < -0.4 is 5.32 Å². The van der Waals surface area contributed by atoms with E-state index in [4.69, 9.17) is 5.11 Å². The number of hydrogen-bond donors (Lipinski definition) is 2. The molecule has 1 amide bonds. The van der Waals surface area contributed by atoms with E-state index in [1.807, 2.05) is 12.1 Å². The van der Waals surface area contributed by atoms with Crippen molar-refractivity contribution in [2.24, 2.45) is 0 Å². The minimum absolute atomic E-state index is 0.0680. The van der Waals surface area contributed by atoms with Gasteiger partial charge in [0, 0.05) is 30.9 Å². The molecule has 1 aliphatic heterocycles. The van der Waals surface area contributed by atoms with Crippen LogP contribution in [0.15, 0.2) is 42.6 Å². The first-order chi connectivity index (χ1) is 14.0. The van der Waals surface area contributed by atoms with Crippen molar-refractivity contribution in [3.63, 3.8) is 0 Å². The van der Waals surface area contributed by atoms with Crippen molar-refractivity contribution in [1.29, 1.82) is 0 Å². The highest BCUT2D eigenvalue weighted by atomic mass is 19.1. The number of carbonyl (C=O) groups is 2. The molecular weight excluding hydrogens is 373 g/mol. The summed E-state index contributed by atoms with van der Waals surface area (Å²) < 4.78 is 14.6. The summed E-state index contributed by atoms with van der Waals surface area (Å²) >= 11 is 0. The molecule has 0 radical (unpaired) electrons. The molecule has 2 aromatic heterocycles. The number of aromatic nitrogens is 2. The summed E-state index contributed by atoms with van der Waals surface area (Å²) in [5.41, 5.74) is 3.89. The lowest BCUT2D eigenvalue weighted by Gasteiger charge is -2.16. The van der Waals surface area contributed by atoms with Gasteiger partial charge in [0.25, 0.3) is 0 Å². The van der Waals surface area contributed by atoms with Crippen LogP contribution in [0.1, 0.15) is 29.7 Å². The van der Waals surface area contributed by atoms with Crippen molar-refractivity contribution in [2.75, 3.05) is 7.05 Å². The van der Waals surface area contributed by atoms with Crippen LogP contribution in [0.4, 0.5) is 4.39 Å². The summed E-state index contributed by atoms with van der Waals surface area (Å²) in [6.45, 7) is 0.961. The number of nitrogens with zero attached hydrogens (tertiary/aromatic N) is 2. The van der Waals surface area contributed by atoms with Gasteiger partial charge in [-0.25, -0.2) is 9.37 Å². The molecule has 7 heteroatoms. The Balaban J connectivity index is 0.000000177. The van der Waals surface area contributed by atoms with E-state index in [0.29, 0.717) is 6.42 Å². The number of fused-ring (bicyclic) bond motifs is 3. The van der Waals surface area contributed by atoms with Gasteiger partial charge in [0.05, 0.1) is 12.8 Å². The van der Waals surface area contributed by atoms with Crippen molar-refractivity contribution in [3.05, 3.63) is 65.2 Å². The van der Waals surface area contributed by atoms with E-state index >= 15 is 0 Å². The summed E-state index contributed by atoms with van der Waals surface area (Å²) in [6.07, 6.45) is 5.44. The van der Waals surface area contributed by atoms with Gasteiger partial charge in [-0.2, -0.15) is 0 Å². The van der Waals surface area contributed by atoms with Crippen LogP contribution in [-0.4, -0.2) is 33.6 Å². The predicted octanol–water partition coefficient (Wildman–Crippen LogP) is 3.11. The molecule has 0 atom stereocenters. The lowest BCUT2D eigenvalue weighted by Crippen LogP contribution is -2.19. The third kappa shape index (κ3) is 4.99. The predicted molar refractivity (Wildman–Crippen MR) is 108 cm³/mol. The van der Waals surface area contributed by atoms with E-state index < -0.39 is 5.97 Å². The first-order valence-electron chi connectivity index (χ1n) is 9.61. The number of amides is 1. The highest BCUT2D eigenvalue weighted by Gasteiger charge is 2.21. The van der Waals surface area contributed by atoms with Gasteiger partial charge < -0.3 is 15.0 Å². The van der Waals surface area contributed by atoms with Crippen molar-refractivity contribution in [1.82, 2.24) is 14.9 Å². The molecule has 0 aliphatic carbocycles. The van der Waals surface area contributed by atoms with Crippen LogP contribution in [0, 0.1) is 5.82 Å². The molecule has 6 nitrogen and oxygen atoms in total. The number of benzene rings is 1. The third-order valence-electron chi connectivity index (χ3n) is 4.97.